The monoisotopic (exact) mass is 601 g/mol. The Labute approximate surface area is 269 Å². The fourth-order valence-electron chi connectivity index (χ4n) is 7.75. The average Bonchev–Trinajstić information content (AvgIpc) is 3.09. The van der Waals surface area contributed by atoms with E-state index >= 15 is 0 Å². The molecular formula is C40H47N3O2. The van der Waals surface area contributed by atoms with Crippen LogP contribution in [0.2, 0.25) is 0 Å². The van der Waals surface area contributed by atoms with Crippen molar-refractivity contribution in [2.75, 3.05) is 57.8 Å². The topological polar surface area (TPSA) is 39.2 Å². The third-order valence-corrected chi connectivity index (χ3v) is 10.5. The summed E-state index contributed by atoms with van der Waals surface area (Å²) in [7, 11) is 2.18. The van der Waals surface area contributed by atoms with E-state index < -0.39 is 5.60 Å². The molecule has 0 spiro atoms. The lowest BCUT2D eigenvalue weighted by Gasteiger charge is -2.43. The van der Waals surface area contributed by atoms with Gasteiger partial charge in [0.25, 0.3) is 0 Å². The molecule has 1 aliphatic carbocycles. The Morgan fingerprint density at radius 2 is 1.44 bits per heavy atom. The molecule has 234 valence electrons. The van der Waals surface area contributed by atoms with Crippen molar-refractivity contribution in [3.63, 3.8) is 0 Å². The van der Waals surface area contributed by atoms with Crippen LogP contribution in [0.4, 0.5) is 5.69 Å². The van der Waals surface area contributed by atoms with Crippen molar-refractivity contribution in [3.8, 4) is 5.75 Å². The summed E-state index contributed by atoms with van der Waals surface area (Å²) in [5.41, 5.74) is 7.47. The number of β-amino-alcohol motifs (C(OH)–C–C–N with tert-alkyl or cyclic N) is 1. The van der Waals surface area contributed by atoms with E-state index in [1.54, 1.807) is 0 Å². The predicted molar refractivity (Wildman–Crippen MR) is 183 cm³/mol. The highest BCUT2D eigenvalue weighted by atomic mass is 16.5. The lowest BCUT2D eigenvalue weighted by atomic mass is 9.69. The van der Waals surface area contributed by atoms with Gasteiger partial charge in [0.05, 0.1) is 5.60 Å². The molecule has 3 aliphatic rings. The van der Waals surface area contributed by atoms with Crippen molar-refractivity contribution in [1.82, 2.24) is 9.80 Å². The highest BCUT2D eigenvalue weighted by Crippen LogP contribution is 2.47. The lowest BCUT2D eigenvalue weighted by molar-refractivity contribution is -0.0250. The molecule has 7 rings (SSSR count). The molecule has 0 bridgehead atoms. The van der Waals surface area contributed by atoms with E-state index in [1.165, 1.54) is 33.5 Å². The minimum Gasteiger partial charge on any atom is -0.489 e. The molecule has 5 nitrogen and oxygen atoms in total. The molecule has 1 unspecified atom stereocenters. The number of hydrogen-bond donors (Lipinski definition) is 1. The molecule has 4 aromatic rings. The van der Waals surface area contributed by atoms with E-state index in [1.807, 2.05) is 6.07 Å². The highest BCUT2D eigenvalue weighted by Gasteiger charge is 2.36. The first-order valence-electron chi connectivity index (χ1n) is 16.9. The SMILES string of the molecule is CN1CCN(CC2(O)CCN(c3ccc([C@@H]4c5ccc(OCc6ccccc6)cc5CCC4c4ccccc4)cc3)CC2)CC1. The van der Waals surface area contributed by atoms with Crippen molar-refractivity contribution in [3.05, 3.63) is 131 Å². The van der Waals surface area contributed by atoms with Gasteiger partial charge >= 0.3 is 0 Å². The van der Waals surface area contributed by atoms with E-state index in [-0.39, 0.29) is 0 Å². The number of aryl methyl sites for hydroxylation is 1. The Balaban J connectivity index is 1.07. The van der Waals surface area contributed by atoms with Crippen molar-refractivity contribution >= 4 is 5.69 Å². The van der Waals surface area contributed by atoms with Gasteiger partial charge in [0, 0.05) is 57.4 Å². The number of hydrogen-bond acceptors (Lipinski definition) is 5. The maximum absolute atomic E-state index is 11.4. The molecule has 0 radical (unpaired) electrons. The first-order valence-corrected chi connectivity index (χ1v) is 16.9. The van der Waals surface area contributed by atoms with Crippen LogP contribution in [0.3, 0.4) is 0 Å². The molecule has 2 heterocycles. The molecule has 1 N–H and O–H groups in total. The number of anilines is 1. The predicted octanol–water partition coefficient (Wildman–Crippen LogP) is 6.71. The molecule has 5 heteroatoms. The summed E-state index contributed by atoms with van der Waals surface area (Å²) >= 11 is 0. The van der Waals surface area contributed by atoms with Gasteiger partial charge in [-0.05, 0) is 90.7 Å². The van der Waals surface area contributed by atoms with Crippen LogP contribution in [-0.2, 0) is 13.0 Å². The van der Waals surface area contributed by atoms with Crippen LogP contribution in [0, 0.1) is 0 Å². The van der Waals surface area contributed by atoms with Gasteiger partial charge in [0.2, 0.25) is 0 Å². The van der Waals surface area contributed by atoms with Gasteiger partial charge in [-0.2, -0.15) is 0 Å². The van der Waals surface area contributed by atoms with E-state index in [0.717, 1.165) is 77.2 Å². The molecular weight excluding hydrogens is 554 g/mol. The van der Waals surface area contributed by atoms with Crippen LogP contribution >= 0.6 is 0 Å². The van der Waals surface area contributed by atoms with E-state index in [4.69, 9.17) is 4.74 Å². The second-order valence-electron chi connectivity index (χ2n) is 13.6. The number of rotatable bonds is 8. The molecule has 2 saturated heterocycles. The van der Waals surface area contributed by atoms with Gasteiger partial charge in [0.1, 0.15) is 12.4 Å². The number of ether oxygens (including phenoxy) is 1. The molecule has 0 amide bonds. The zero-order valence-electron chi connectivity index (χ0n) is 26.7. The molecule has 4 aromatic carbocycles. The smallest absolute Gasteiger partial charge is 0.120 e. The molecule has 2 atom stereocenters. The summed E-state index contributed by atoms with van der Waals surface area (Å²) in [6.07, 6.45) is 3.81. The number of likely N-dealkylation sites (N-methyl/N-ethyl adjacent to an activating group) is 1. The Hall–Kier alpha value is -3.64. The summed E-state index contributed by atoms with van der Waals surface area (Å²) in [5, 5.41) is 11.4. The summed E-state index contributed by atoms with van der Waals surface area (Å²) in [4.78, 5) is 7.29. The number of piperidine rings is 1. The van der Waals surface area contributed by atoms with Crippen LogP contribution in [0.5, 0.6) is 5.75 Å². The number of benzene rings is 4. The van der Waals surface area contributed by atoms with Crippen LogP contribution < -0.4 is 9.64 Å². The minimum absolute atomic E-state index is 0.295. The summed E-state index contributed by atoms with van der Waals surface area (Å²) in [6.45, 7) is 7.47. The van der Waals surface area contributed by atoms with Gasteiger partial charge in [0.15, 0.2) is 0 Å². The van der Waals surface area contributed by atoms with Gasteiger partial charge in [-0.3, -0.25) is 4.90 Å². The molecule has 0 saturated carbocycles. The number of fused-ring (bicyclic) bond motifs is 1. The van der Waals surface area contributed by atoms with Crippen LogP contribution in [0.15, 0.2) is 103 Å². The molecule has 2 fully saturated rings. The summed E-state index contributed by atoms with van der Waals surface area (Å²) < 4.78 is 6.23. The largest absolute Gasteiger partial charge is 0.489 e. The normalized spacial score (nSPS) is 22.1. The zero-order valence-corrected chi connectivity index (χ0v) is 26.7. The quantitative estimate of drug-likeness (QED) is 0.243. The molecule has 2 aliphatic heterocycles. The van der Waals surface area contributed by atoms with Gasteiger partial charge < -0.3 is 19.6 Å². The standard InChI is InChI=1S/C40H47N3O2/c1-41-24-26-42(27-25-41)30-40(44)20-22-43(23-21-40)35-15-12-33(13-16-35)39-37(32-10-6-3-7-11-32)18-14-34-28-36(17-19-38(34)39)45-29-31-8-4-2-5-9-31/h2-13,15-17,19,28,37,39,44H,14,18,20-27,29-30H2,1H3/t37?,39-/m0/s1. The Kier molecular flexibility index (Phi) is 8.93. The lowest BCUT2D eigenvalue weighted by Crippen LogP contribution is -2.54. The van der Waals surface area contributed by atoms with E-state index in [2.05, 4.69) is 119 Å². The first kappa shape index (κ1) is 30.0. The second kappa shape index (κ2) is 13.4. The zero-order chi connectivity index (χ0) is 30.6. The Morgan fingerprint density at radius 1 is 0.756 bits per heavy atom. The Bertz CT molecular complexity index is 1530. The van der Waals surface area contributed by atoms with Crippen molar-refractivity contribution in [2.45, 2.75) is 49.7 Å². The summed E-state index contributed by atoms with van der Waals surface area (Å²) in [6, 6.07) is 37.5. The van der Waals surface area contributed by atoms with Crippen molar-refractivity contribution in [2.24, 2.45) is 0 Å². The second-order valence-corrected chi connectivity index (χ2v) is 13.6. The van der Waals surface area contributed by atoms with E-state index in [0.29, 0.717) is 18.4 Å². The molecule has 0 aromatic heterocycles. The van der Waals surface area contributed by atoms with Crippen molar-refractivity contribution in [1.29, 1.82) is 0 Å². The van der Waals surface area contributed by atoms with Crippen molar-refractivity contribution < 1.29 is 9.84 Å². The Morgan fingerprint density at radius 3 is 2.16 bits per heavy atom. The summed E-state index contributed by atoms with van der Waals surface area (Å²) in [5.74, 6) is 1.67. The maximum Gasteiger partial charge on any atom is 0.120 e. The number of piperazine rings is 1. The fourth-order valence-corrected chi connectivity index (χ4v) is 7.75. The third-order valence-electron chi connectivity index (χ3n) is 10.5. The fraction of sp³-hybridized carbons (Fsp3) is 0.400. The number of nitrogens with zero attached hydrogens (tertiary/aromatic N) is 3. The van der Waals surface area contributed by atoms with E-state index in [9.17, 15) is 5.11 Å². The van der Waals surface area contributed by atoms with Crippen LogP contribution in [-0.4, -0.2) is 73.4 Å². The first-order chi connectivity index (χ1) is 22.0. The van der Waals surface area contributed by atoms with Gasteiger partial charge in [-0.1, -0.05) is 78.9 Å². The third kappa shape index (κ3) is 6.96. The highest BCUT2D eigenvalue weighted by molar-refractivity contribution is 5.53. The maximum atomic E-state index is 11.4. The van der Waals surface area contributed by atoms with Gasteiger partial charge in [-0.25, -0.2) is 0 Å². The van der Waals surface area contributed by atoms with Crippen LogP contribution in [0.25, 0.3) is 0 Å². The van der Waals surface area contributed by atoms with Gasteiger partial charge in [-0.15, -0.1) is 0 Å². The number of aliphatic hydroxyl groups is 1. The van der Waals surface area contributed by atoms with Crippen LogP contribution in [0.1, 0.15) is 58.9 Å². The molecule has 45 heavy (non-hydrogen) atoms. The average molecular weight is 602 g/mol. The minimum atomic E-state index is -0.579.